The Bertz CT molecular complexity index is 603. The highest BCUT2D eigenvalue weighted by Gasteiger charge is 2.06. The minimum atomic E-state index is -0.288. The lowest BCUT2D eigenvalue weighted by Gasteiger charge is -2.09. The predicted molar refractivity (Wildman–Crippen MR) is 81.2 cm³/mol. The van der Waals surface area contributed by atoms with Crippen LogP contribution in [0, 0.1) is 5.92 Å². The quantitative estimate of drug-likeness (QED) is 0.907. The fourth-order valence-electron chi connectivity index (χ4n) is 1.79. The molecule has 6 heteroatoms. The largest absolute Gasteiger partial charge is 0.331 e. The maximum absolute atomic E-state index is 11.8. The van der Waals surface area contributed by atoms with Crippen LogP contribution in [0.5, 0.6) is 0 Å². The van der Waals surface area contributed by atoms with Gasteiger partial charge in [-0.05, 0) is 30.2 Å². The molecule has 0 aliphatic carbocycles. The number of nitrogens with one attached hydrogen (secondary N) is 2. The summed E-state index contributed by atoms with van der Waals surface area (Å²) >= 11 is 0. The Morgan fingerprint density at radius 1 is 1.14 bits per heavy atom. The van der Waals surface area contributed by atoms with Gasteiger partial charge in [-0.25, -0.2) is 9.78 Å². The van der Waals surface area contributed by atoms with Crippen LogP contribution in [0.3, 0.4) is 0 Å². The minimum Gasteiger partial charge on any atom is -0.326 e. The van der Waals surface area contributed by atoms with Gasteiger partial charge in [-0.15, -0.1) is 0 Å². The van der Waals surface area contributed by atoms with Gasteiger partial charge in [-0.3, -0.25) is 9.36 Å². The molecule has 1 aromatic heterocycles. The van der Waals surface area contributed by atoms with E-state index in [1.807, 2.05) is 13.8 Å². The second kappa shape index (κ2) is 6.69. The topological polar surface area (TPSA) is 76.0 Å². The second-order valence-corrected chi connectivity index (χ2v) is 5.12. The number of benzene rings is 1. The molecule has 1 heterocycles. The van der Waals surface area contributed by atoms with Crippen LogP contribution in [-0.4, -0.2) is 21.5 Å². The molecule has 0 saturated heterocycles. The van der Waals surface area contributed by atoms with Gasteiger partial charge in [0.25, 0.3) is 0 Å². The monoisotopic (exact) mass is 286 g/mol. The van der Waals surface area contributed by atoms with E-state index in [2.05, 4.69) is 15.6 Å². The molecule has 0 unspecified atom stereocenters. The third-order valence-electron chi connectivity index (χ3n) is 2.75. The van der Waals surface area contributed by atoms with Gasteiger partial charge in [-0.2, -0.15) is 0 Å². The summed E-state index contributed by atoms with van der Waals surface area (Å²) in [6, 6.07) is 6.69. The number of hydrogen-bond acceptors (Lipinski definition) is 3. The SMILES string of the molecule is CC(C)CC(=O)Nc1ccc(NC(=O)n2ccnc2)cc1. The van der Waals surface area contributed by atoms with Crippen LogP contribution in [0.2, 0.25) is 0 Å². The molecule has 0 saturated carbocycles. The molecule has 0 aliphatic heterocycles. The van der Waals surface area contributed by atoms with Crippen molar-refractivity contribution in [2.24, 2.45) is 5.92 Å². The Kier molecular flexibility index (Phi) is 4.71. The standard InChI is InChI=1S/C15H18N4O2/c1-11(2)9-14(20)17-12-3-5-13(6-4-12)18-15(21)19-8-7-16-10-19/h3-8,10-11H,9H2,1-2H3,(H,17,20)(H,18,21). The van der Waals surface area contributed by atoms with Crippen molar-refractivity contribution in [2.45, 2.75) is 20.3 Å². The summed E-state index contributed by atoms with van der Waals surface area (Å²) in [6.07, 6.45) is 5.01. The van der Waals surface area contributed by atoms with Crippen molar-refractivity contribution >= 4 is 23.3 Å². The molecule has 0 bridgehead atoms. The molecule has 0 atom stereocenters. The molecule has 21 heavy (non-hydrogen) atoms. The smallest absolute Gasteiger partial charge is 0.326 e. The van der Waals surface area contributed by atoms with Crippen LogP contribution < -0.4 is 10.6 Å². The Labute approximate surface area is 123 Å². The van der Waals surface area contributed by atoms with Gasteiger partial charge in [-0.1, -0.05) is 13.8 Å². The van der Waals surface area contributed by atoms with E-state index in [1.165, 1.54) is 17.1 Å². The number of carbonyl (C=O) groups excluding carboxylic acids is 2. The molecule has 2 aromatic rings. The highest BCUT2D eigenvalue weighted by Crippen LogP contribution is 2.14. The first kappa shape index (κ1) is 14.8. The number of aromatic nitrogens is 2. The van der Waals surface area contributed by atoms with Crippen molar-refractivity contribution in [3.8, 4) is 0 Å². The van der Waals surface area contributed by atoms with Crippen molar-refractivity contribution in [2.75, 3.05) is 10.6 Å². The summed E-state index contributed by atoms with van der Waals surface area (Å²) in [5.74, 6) is 0.305. The number of anilines is 2. The number of amides is 2. The Morgan fingerprint density at radius 2 is 1.76 bits per heavy atom. The van der Waals surface area contributed by atoms with Crippen LogP contribution in [-0.2, 0) is 4.79 Å². The Morgan fingerprint density at radius 3 is 2.29 bits per heavy atom. The average molecular weight is 286 g/mol. The van der Waals surface area contributed by atoms with Crippen molar-refractivity contribution in [1.29, 1.82) is 0 Å². The van der Waals surface area contributed by atoms with E-state index in [9.17, 15) is 9.59 Å². The van der Waals surface area contributed by atoms with E-state index in [0.29, 0.717) is 23.7 Å². The molecule has 2 N–H and O–H groups in total. The number of imidazole rings is 1. The fraction of sp³-hybridized carbons (Fsp3) is 0.267. The van der Waals surface area contributed by atoms with Crippen LogP contribution in [0.1, 0.15) is 20.3 Å². The lowest BCUT2D eigenvalue weighted by molar-refractivity contribution is -0.116. The first-order valence-electron chi connectivity index (χ1n) is 6.74. The summed E-state index contributed by atoms with van der Waals surface area (Å²) in [4.78, 5) is 27.3. The van der Waals surface area contributed by atoms with Gasteiger partial charge in [0.2, 0.25) is 5.91 Å². The van der Waals surface area contributed by atoms with Crippen molar-refractivity contribution in [3.63, 3.8) is 0 Å². The van der Waals surface area contributed by atoms with Crippen molar-refractivity contribution in [3.05, 3.63) is 43.0 Å². The van der Waals surface area contributed by atoms with Gasteiger partial charge < -0.3 is 10.6 Å². The van der Waals surface area contributed by atoms with Gasteiger partial charge in [0.15, 0.2) is 0 Å². The van der Waals surface area contributed by atoms with Crippen LogP contribution in [0.4, 0.5) is 16.2 Å². The Hall–Kier alpha value is -2.63. The number of rotatable bonds is 4. The van der Waals surface area contributed by atoms with Gasteiger partial charge >= 0.3 is 6.03 Å². The lowest BCUT2D eigenvalue weighted by Crippen LogP contribution is -2.18. The van der Waals surface area contributed by atoms with E-state index >= 15 is 0 Å². The molecular weight excluding hydrogens is 268 g/mol. The zero-order valence-corrected chi connectivity index (χ0v) is 12.0. The molecule has 0 fully saturated rings. The molecule has 0 radical (unpaired) electrons. The summed E-state index contributed by atoms with van der Waals surface area (Å²) in [7, 11) is 0. The van der Waals surface area contributed by atoms with E-state index in [4.69, 9.17) is 0 Å². The minimum absolute atomic E-state index is 0.0137. The van der Waals surface area contributed by atoms with Crippen molar-refractivity contribution < 1.29 is 9.59 Å². The lowest BCUT2D eigenvalue weighted by atomic mass is 10.1. The molecule has 110 valence electrons. The normalized spacial score (nSPS) is 10.4. The predicted octanol–water partition coefficient (Wildman–Crippen LogP) is 2.95. The number of hydrogen-bond donors (Lipinski definition) is 2. The number of carbonyl (C=O) groups is 2. The van der Waals surface area contributed by atoms with Crippen molar-refractivity contribution in [1.82, 2.24) is 9.55 Å². The van der Waals surface area contributed by atoms with Crippen LogP contribution in [0.15, 0.2) is 43.0 Å². The highest BCUT2D eigenvalue weighted by molar-refractivity contribution is 5.93. The maximum atomic E-state index is 11.8. The number of nitrogens with zero attached hydrogens (tertiary/aromatic N) is 2. The molecule has 0 spiro atoms. The van der Waals surface area contributed by atoms with Gasteiger partial charge in [0, 0.05) is 30.2 Å². The first-order chi connectivity index (χ1) is 10.0. The summed E-state index contributed by atoms with van der Waals surface area (Å²) in [5.41, 5.74) is 1.36. The second-order valence-electron chi connectivity index (χ2n) is 5.12. The molecule has 6 nitrogen and oxygen atoms in total. The van der Waals surface area contributed by atoms with Crippen LogP contribution >= 0.6 is 0 Å². The highest BCUT2D eigenvalue weighted by atomic mass is 16.2. The van der Waals surface area contributed by atoms with E-state index in [0.717, 1.165) is 0 Å². The summed E-state index contributed by atoms with van der Waals surface area (Å²) < 4.78 is 1.35. The summed E-state index contributed by atoms with van der Waals surface area (Å²) in [5, 5.41) is 5.54. The van der Waals surface area contributed by atoms with Gasteiger partial charge in [0.05, 0.1) is 0 Å². The Balaban J connectivity index is 1.93. The molecular formula is C15H18N4O2. The molecule has 0 aliphatic rings. The van der Waals surface area contributed by atoms with Crippen LogP contribution in [0.25, 0.3) is 0 Å². The summed E-state index contributed by atoms with van der Waals surface area (Å²) in [6.45, 7) is 3.99. The first-order valence-corrected chi connectivity index (χ1v) is 6.74. The third kappa shape index (κ3) is 4.45. The van der Waals surface area contributed by atoms with E-state index in [1.54, 1.807) is 30.5 Å². The maximum Gasteiger partial charge on any atom is 0.331 e. The fourth-order valence-corrected chi connectivity index (χ4v) is 1.79. The molecule has 1 aromatic carbocycles. The zero-order valence-electron chi connectivity index (χ0n) is 12.0. The average Bonchev–Trinajstić information content (AvgIpc) is 2.94. The van der Waals surface area contributed by atoms with Gasteiger partial charge in [0.1, 0.15) is 6.33 Å². The third-order valence-corrected chi connectivity index (χ3v) is 2.75. The van der Waals surface area contributed by atoms with E-state index < -0.39 is 0 Å². The molecule has 2 rings (SSSR count). The van der Waals surface area contributed by atoms with E-state index in [-0.39, 0.29) is 11.9 Å². The zero-order chi connectivity index (χ0) is 15.2. The molecule has 2 amide bonds.